The van der Waals surface area contributed by atoms with E-state index in [1.54, 1.807) is 4.90 Å². The van der Waals surface area contributed by atoms with Crippen LogP contribution in [0.2, 0.25) is 0 Å². The molecule has 2 aliphatic rings. The molecular formula is C17H23ClF2N2O4. The highest BCUT2D eigenvalue weighted by Gasteiger charge is 2.32. The molecule has 2 aliphatic heterocycles. The van der Waals surface area contributed by atoms with Gasteiger partial charge >= 0.3 is 6.61 Å². The predicted molar refractivity (Wildman–Crippen MR) is 93.9 cm³/mol. The first-order chi connectivity index (χ1) is 12.0. The minimum Gasteiger partial charge on any atom is -0.493 e. The molecule has 0 aromatic heterocycles. The van der Waals surface area contributed by atoms with Crippen LogP contribution in [-0.4, -0.2) is 56.8 Å². The molecule has 26 heavy (non-hydrogen) atoms. The normalized spacial score (nSPS) is 21.8. The van der Waals surface area contributed by atoms with E-state index in [4.69, 9.17) is 9.47 Å². The predicted octanol–water partition coefficient (Wildman–Crippen LogP) is 2.69. The highest BCUT2D eigenvalue weighted by atomic mass is 35.5. The first-order valence-corrected chi connectivity index (χ1v) is 8.28. The molecule has 1 aromatic rings. The maximum Gasteiger partial charge on any atom is 0.387 e. The van der Waals surface area contributed by atoms with Gasteiger partial charge in [0.1, 0.15) is 0 Å². The van der Waals surface area contributed by atoms with E-state index in [2.05, 4.69) is 10.1 Å². The summed E-state index contributed by atoms with van der Waals surface area (Å²) in [5.41, 5.74) is 0.327. The molecule has 1 amide bonds. The fourth-order valence-electron chi connectivity index (χ4n) is 3.52. The molecule has 2 saturated heterocycles. The molecule has 2 heterocycles. The van der Waals surface area contributed by atoms with Crippen molar-refractivity contribution in [1.82, 2.24) is 10.2 Å². The Morgan fingerprint density at radius 3 is 2.35 bits per heavy atom. The Kier molecular flexibility index (Phi) is 6.88. The number of benzene rings is 1. The van der Waals surface area contributed by atoms with Crippen molar-refractivity contribution in [2.75, 3.05) is 27.3 Å². The zero-order chi connectivity index (χ0) is 18.0. The number of nitrogens with zero attached hydrogens (tertiary/aromatic N) is 1. The van der Waals surface area contributed by atoms with Crippen LogP contribution in [0.4, 0.5) is 8.78 Å². The second-order valence-electron chi connectivity index (χ2n) is 6.27. The van der Waals surface area contributed by atoms with Crippen LogP contribution in [0.5, 0.6) is 17.2 Å². The molecule has 2 unspecified atom stereocenters. The van der Waals surface area contributed by atoms with E-state index in [0.29, 0.717) is 30.7 Å². The SMILES string of the molecule is COc1cc(C(=O)N2CCC3CCC(C2)N3)cc(OC)c1OC(F)F.Cl. The third-order valence-corrected chi connectivity index (χ3v) is 4.72. The van der Waals surface area contributed by atoms with E-state index in [1.165, 1.54) is 26.4 Å². The van der Waals surface area contributed by atoms with Gasteiger partial charge in [-0.3, -0.25) is 4.79 Å². The molecule has 146 valence electrons. The van der Waals surface area contributed by atoms with Gasteiger partial charge in [0.2, 0.25) is 5.75 Å². The van der Waals surface area contributed by atoms with Crippen LogP contribution in [0, 0.1) is 0 Å². The van der Waals surface area contributed by atoms with Crippen LogP contribution in [0.25, 0.3) is 0 Å². The van der Waals surface area contributed by atoms with E-state index in [0.717, 1.165) is 19.3 Å². The minimum absolute atomic E-state index is 0. The number of methoxy groups -OCH3 is 2. The quantitative estimate of drug-likeness (QED) is 0.834. The summed E-state index contributed by atoms with van der Waals surface area (Å²) in [5, 5.41) is 3.52. The van der Waals surface area contributed by atoms with Gasteiger partial charge < -0.3 is 24.4 Å². The zero-order valence-corrected chi connectivity index (χ0v) is 15.5. The highest BCUT2D eigenvalue weighted by molar-refractivity contribution is 5.95. The van der Waals surface area contributed by atoms with Crippen molar-refractivity contribution >= 4 is 18.3 Å². The summed E-state index contributed by atoms with van der Waals surface area (Å²) in [6, 6.07) is 3.61. The molecule has 0 aliphatic carbocycles. The van der Waals surface area contributed by atoms with Gasteiger partial charge in [-0.05, 0) is 31.4 Å². The van der Waals surface area contributed by atoms with Gasteiger partial charge in [0.15, 0.2) is 11.5 Å². The van der Waals surface area contributed by atoms with Crippen LogP contribution >= 0.6 is 12.4 Å². The Hall–Kier alpha value is -1.80. The van der Waals surface area contributed by atoms with Crippen molar-refractivity contribution < 1.29 is 27.8 Å². The Balaban J connectivity index is 0.00000243. The number of rotatable bonds is 5. The summed E-state index contributed by atoms with van der Waals surface area (Å²) < 4.78 is 40.0. The summed E-state index contributed by atoms with van der Waals surface area (Å²) in [5.74, 6) is -0.308. The van der Waals surface area contributed by atoms with Crippen molar-refractivity contribution in [3.63, 3.8) is 0 Å². The van der Waals surface area contributed by atoms with Crippen molar-refractivity contribution in [3.8, 4) is 17.2 Å². The van der Waals surface area contributed by atoms with E-state index >= 15 is 0 Å². The average molecular weight is 393 g/mol. The van der Waals surface area contributed by atoms with Crippen LogP contribution in [0.15, 0.2) is 12.1 Å². The Morgan fingerprint density at radius 2 is 1.77 bits per heavy atom. The van der Waals surface area contributed by atoms with Crippen LogP contribution in [0.1, 0.15) is 29.6 Å². The van der Waals surface area contributed by atoms with Crippen molar-refractivity contribution in [3.05, 3.63) is 17.7 Å². The van der Waals surface area contributed by atoms with Gasteiger partial charge in [-0.25, -0.2) is 0 Å². The van der Waals surface area contributed by atoms with Crippen molar-refractivity contribution in [1.29, 1.82) is 0 Å². The fraction of sp³-hybridized carbons (Fsp3) is 0.588. The molecule has 1 N–H and O–H groups in total. The number of likely N-dealkylation sites (tertiary alicyclic amines) is 1. The van der Waals surface area contributed by atoms with Crippen LogP contribution in [-0.2, 0) is 0 Å². The lowest BCUT2D eigenvalue weighted by atomic mass is 10.1. The maximum atomic E-state index is 12.9. The highest BCUT2D eigenvalue weighted by Crippen LogP contribution is 2.40. The molecule has 2 fully saturated rings. The lowest BCUT2D eigenvalue weighted by Gasteiger charge is -2.25. The second-order valence-corrected chi connectivity index (χ2v) is 6.27. The first-order valence-electron chi connectivity index (χ1n) is 8.28. The van der Waals surface area contributed by atoms with E-state index < -0.39 is 6.61 Å². The number of ether oxygens (including phenoxy) is 3. The van der Waals surface area contributed by atoms with Gasteiger partial charge in [0, 0.05) is 30.7 Å². The second kappa shape index (κ2) is 8.73. The largest absolute Gasteiger partial charge is 0.493 e. The minimum atomic E-state index is -3.02. The molecule has 9 heteroatoms. The van der Waals surface area contributed by atoms with Gasteiger partial charge in [-0.1, -0.05) is 0 Å². The number of hydrogen-bond donors (Lipinski definition) is 1. The molecule has 0 saturated carbocycles. The number of carbonyl (C=O) groups excluding carboxylic acids is 1. The number of fused-ring (bicyclic) bond motifs is 2. The van der Waals surface area contributed by atoms with E-state index in [-0.39, 0.29) is 35.6 Å². The first kappa shape index (κ1) is 20.5. The molecule has 3 rings (SSSR count). The lowest BCUT2D eigenvalue weighted by Crippen LogP contribution is -2.39. The van der Waals surface area contributed by atoms with Crippen LogP contribution in [0.3, 0.4) is 0 Å². The monoisotopic (exact) mass is 392 g/mol. The average Bonchev–Trinajstić information content (AvgIpc) is 2.92. The number of amides is 1. The molecule has 6 nitrogen and oxygen atoms in total. The van der Waals surface area contributed by atoms with Gasteiger partial charge in [-0.15, -0.1) is 12.4 Å². The third kappa shape index (κ3) is 4.29. The Bertz CT molecular complexity index is 622. The third-order valence-electron chi connectivity index (χ3n) is 4.72. The number of alkyl halides is 2. The molecular weight excluding hydrogens is 370 g/mol. The number of halogens is 3. The molecule has 0 spiro atoms. The zero-order valence-electron chi connectivity index (χ0n) is 14.7. The van der Waals surface area contributed by atoms with Crippen molar-refractivity contribution in [2.24, 2.45) is 0 Å². The lowest BCUT2D eigenvalue weighted by molar-refractivity contribution is -0.0526. The summed E-state index contributed by atoms with van der Waals surface area (Å²) >= 11 is 0. The summed E-state index contributed by atoms with van der Waals surface area (Å²) in [7, 11) is 2.66. The maximum absolute atomic E-state index is 12.9. The molecule has 0 radical (unpaired) electrons. The van der Waals surface area contributed by atoms with Crippen LogP contribution < -0.4 is 19.5 Å². The summed E-state index contributed by atoms with van der Waals surface area (Å²) in [6.07, 6.45) is 3.11. The standard InChI is InChI=1S/C17H22F2N2O4.ClH/c1-23-13-7-10(8-14(24-2)15(13)25-17(18)19)16(22)21-6-5-11-3-4-12(9-21)20-11;/h7-8,11-12,17,20H,3-6,9H2,1-2H3;1H. The number of hydrogen-bond acceptors (Lipinski definition) is 5. The fourth-order valence-corrected chi connectivity index (χ4v) is 3.52. The number of carbonyl (C=O) groups is 1. The van der Waals surface area contributed by atoms with E-state index in [9.17, 15) is 13.6 Å². The molecule has 1 aromatic carbocycles. The molecule has 2 bridgehead atoms. The van der Waals surface area contributed by atoms with Crippen molar-refractivity contribution in [2.45, 2.75) is 38.0 Å². The van der Waals surface area contributed by atoms with Gasteiger partial charge in [0.25, 0.3) is 5.91 Å². The summed E-state index contributed by atoms with van der Waals surface area (Å²) in [4.78, 5) is 14.7. The summed E-state index contributed by atoms with van der Waals surface area (Å²) in [6.45, 7) is -1.72. The Labute approximate surface area is 157 Å². The topological polar surface area (TPSA) is 60.0 Å². The Morgan fingerprint density at radius 1 is 1.15 bits per heavy atom. The number of nitrogens with one attached hydrogen (secondary N) is 1. The van der Waals surface area contributed by atoms with Gasteiger partial charge in [-0.2, -0.15) is 8.78 Å². The van der Waals surface area contributed by atoms with Gasteiger partial charge in [0.05, 0.1) is 14.2 Å². The van der Waals surface area contributed by atoms with E-state index in [1.807, 2.05) is 0 Å². The molecule has 2 atom stereocenters. The smallest absolute Gasteiger partial charge is 0.387 e.